The number of aromatic nitrogens is 1. The zero-order valence-electron chi connectivity index (χ0n) is 17.1. The van der Waals surface area contributed by atoms with Crippen LogP contribution in [0.1, 0.15) is 26.7 Å². The second-order valence-corrected chi connectivity index (χ2v) is 8.20. The highest BCUT2D eigenvalue weighted by atomic mass is 16.2. The fourth-order valence-electron chi connectivity index (χ4n) is 3.93. The number of piperazine rings is 1. The summed E-state index contributed by atoms with van der Waals surface area (Å²) in [7, 11) is 0. The van der Waals surface area contributed by atoms with Gasteiger partial charge in [-0.15, -0.1) is 0 Å². The van der Waals surface area contributed by atoms with Gasteiger partial charge in [-0.25, -0.2) is 4.98 Å². The molecule has 0 bridgehead atoms. The minimum absolute atomic E-state index is 0.0195. The van der Waals surface area contributed by atoms with Crippen molar-refractivity contribution in [2.75, 3.05) is 57.3 Å². The Bertz CT molecular complexity index is 643. The molecule has 0 aliphatic carbocycles. The molecule has 1 aromatic rings. The van der Waals surface area contributed by atoms with Gasteiger partial charge in [0.05, 0.1) is 6.54 Å². The van der Waals surface area contributed by atoms with Crippen molar-refractivity contribution in [3.63, 3.8) is 0 Å². The van der Waals surface area contributed by atoms with Gasteiger partial charge in [0.2, 0.25) is 11.8 Å². The quantitative estimate of drug-likeness (QED) is 0.795. The second-order valence-electron chi connectivity index (χ2n) is 8.20. The van der Waals surface area contributed by atoms with Crippen LogP contribution in [0.3, 0.4) is 0 Å². The van der Waals surface area contributed by atoms with Crippen LogP contribution >= 0.6 is 0 Å². The number of amides is 2. The number of carbonyl (C=O) groups is 2. The summed E-state index contributed by atoms with van der Waals surface area (Å²) in [6.45, 7) is 10.0. The molecule has 3 rings (SSSR count). The molecule has 0 aromatic carbocycles. The van der Waals surface area contributed by atoms with Crippen LogP contribution in [0.5, 0.6) is 0 Å². The van der Waals surface area contributed by atoms with E-state index in [1.54, 1.807) is 0 Å². The van der Waals surface area contributed by atoms with Crippen LogP contribution in [0.25, 0.3) is 0 Å². The van der Waals surface area contributed by atoms with E-state index in [1.165, 1.54) is 0 Å². The van der Waals surface area contributed by atoms with Gasteiger partial charge < -0.3 is 15.1 Å². The number of nitrogens with one attached hydrogen (secondary N) is 1. The average molecular weight is 388 g/mol. The predicted molar refractivity (Wildman–Crippen MR) is 110 cm³/mol. The van der Waals surface area contributed by atoms with Gasteiger partial charge >= 0.3 is 0 Å². The number of pyridine rings is 1. The molecule has 1 N–H and O–H groups in total. The van der Waals surface area contributed by atoms with E-state index in [2.05, 4.69) is 20.1 Å². The molecule has 3 heterocycles. The lowest BCUT2D eigenvalue weighted by Gasteiger charge is -2.38. The van der Waals surface area contributed by atoms with E-state index in [4.69, 9.17) is 0 Å². The molecule has 0 saturated carbocycles. The Balaban J connectivity index is 1.41. The molecule has 2 saturated heterocycles. The van der Waals surface area contributed by atoms with Crippen molar-refractivity contribution < 1.29 is 9.59 Å². The summed E-state index contributed by atoms with van der Waals surface area (Å²) in [6.07, 6.45) is 4.01. The fraction of sp³-hybridized carbons (Fsp3) is 0.667. The van der Waals surface area contributed by atoms with Crippen molar-refractivity contribution in [1.82, 2.24) is 20.1 Å². The van der Waals surface area contributed by atoms with Crippen LogP contribution in [0.2, 0.25) is 0 Å². The van der Waals surface area contributed by atoms with Crippen molar-refractivity contribution in [2.24, 2.45) is 11.8 Å². The average Bonchev–Trinajstić information content (AvgIpc) is 2.73. The van der Waals surface area contributed by atoms with E-state index in [-0.39, 0.29) is 17.7 Å². The maximum Gasteiger partial charge on any atom is 0.236 e. The van der Waals surface area contributed by atoms with E-state index in [0.717, 1.165) is 57.9 Å². The van der Waals surface area contributed by atoms with E-state index < -0.39 is 0 Å². The molecular formula is C21H33N5O2. The number of nitrogens with zero attached hydrogens (tertiary/aromatic N) is 4. The molecule has 2 amide bonds. The monoisotopic (exact) mass is 387 g/mol. The fourth-order valence-corrected chi connectivity index (χ4v) is 3.93. The number of likely N-dealkylation sites (tertiary alicyclic amines) is 1. The van der Waals surface area contributed by atoms with Crippen LogP contribution in [0.4, 0.5) is 5.82 Å². The minimum Gasteiger partial charge on any atom is -0.356 e. The van der Waals surface area contributed by atoms with Gasteiger partial charge in [-0.1, -0.05) is 19.9 Å². The first-order valence-corrected chi connectivity index (χ1v) is 10.5. The molecule has 28 heavy (non-hydrogen) atoms. The Hall–Kier alpha value is -2.15. The summed E-state index contributed by atoms with van der Waals surface area (Å²) in [5, 5.41) is 3.04. The highest BCUT2D eigenvalue weighted by molar-refractivity contribution is 5.78. The third-order valence-electron chi connectivity index (χ3n) is 5.66. The lowest BCUT2D eigenvalue weighted by molar-refractivity contribution is -0.133. The Labute approximate surface area is 168 Å². The van der Waals surface area contributed by atoms with E-state index in [9.17, 15) is 9.59 Å². The first kappa shape index (κ1) is 20.6. The topological polar surface area (TPSA) is 68.8 Å². The molecule has 7 heteroatoms. The molecule has 1 aromatic heterocycles. The maximum absolute atomic E-state index is 12.8. The van der Waals surface area contributed by atoms with Crippen molar-refractivity contribution >= 4 is 17.6 Å². The summed E-state index contributed by atoms with van der Waals surface area (Å²) < 4.78 is 0. The van der Waals surface area contributed by atoms with Crippen LogP contribution in [-0.4, -0.2) is 79.0 Å². The number of anilines is 1. The second kappa shape index (κ2) is 9.87. The van der Waals surface area contributed by atoms with E-state index >= 15 is 0 Å². The number of piperidine rings is 1. The molecular weight excluding hydrogens is 354 g/mol. The Morgan fingerprint density at radius 3 is 2.64 bits per heavy atom. The van der Waals surface area contributed by atoms with Gasteiger partial charge in [0.15, 0.2) is 0 Å². The molecule has 154 valence electrons. The molecule has 1 atom stereocenters. The van der Waals surface area contributed by atoms with Gasteiger partial charge in [-0.3, -0.25) is 14.5 Å². The summed E-state index contributed by atoms with van der Waals surface area (Å²) in [4.78, 5) is 35.4. The summed E-state index contributed by atoms with van der Waals surface area (Å²) in [5.74, 6) is 1.76. The number of rotatable bonds is 6. The van der Waals surface area contributed by atoms with Crippen molar-refractivity contribution in [3.8, 4) is 0 Å². The SMILES string of the molecule is CC(C)C(=O)NCC1CCCN(CC(=O)N2CCN(c3ccccn3)CC2)C1. The number of carbonyl (C=O) groups excluding carboxylic acids is 2. The smallest absolute Gasteiger partial charge is 0.236 e. The zero-order valence-corrected chi connectivity index (χ0v) is 17.1. The van der Waals surface area contributed by atoms with Crippen molar-refractivity contribution in [2.45, 2.75) is 26.7 Å². The van der Waals surface area contributed by atoms with Crippen molar-refractivity contribution in [3.05, 3.63) is 24.4 Å². The standard InChI is InChI=1S/C21H33N5O2/c1-17(2)21(28)23-14-18-6-5-9-24(15-18)16-20(27)26-12-10-25(11-13-26)19-7-3-4-8-22-19/h3-4,7-8,17-18H,5-6,9-16H2,1-2H3,(H,23,28). The molecule has 2 aliphatic rings. The van der Waals surface area contributed by atoms with Gasteiger partial charge in [0, 0.05) is 51.4 Å². The summed E-state index contributed by atoms with van der Waals surface area (Å²) in [6, 6.07) is 5.93. The molecule has 0 spiro atoms. The van der Waals surface area contributed by atoms with Crippen LogP contribution in [-0.2, 0) is 9.59 Å². The minimum atomic E-state index is 0.0195. The summed E-state index contributed by atoms with van der Waals surface area (Å²) >= 11 is 0. The van der Waals surface area contributed by atoms with Gasteiger partial charge in [-0.2, -0.15) is 0 Å². The van der Waals surface area contributed by atoms with Gasteiger partial charge in [-0.05, 0) is 37.4 Å². The molecule has 7 nitrogen and oxygen atoms in total. The number of hydrogen-bond acceptors (Lipinski definition) is 5. The zero-order chi connectivity index (χ0) is 19.9. The lowest BCUT2D eigenvalue weighted by Crippen LogP contribution is -2.52. The first-order valence-electron chi connectivity index (χ1n) is 10.5. The van der Waals surface area contributed by atoms with Crippen molar-refractivity contribution in [1.29, 1.82) is 0 Å². The van der Waals surface area contributed by atoms with Crippen LogP contribution < -0.4 is 10.2 Å². The molecule has 2 aliphatic heterocycles. The van der Waals surface area contributed by atoms with E-state index in [0.29, 0.717) is 19.0 Å². The third kappa shape index (κ3) is 5.67. The molecule has 2 fully saturated rings. The molecule has 0 radical (unpaired) electrons. The highest BCUT2D eigenvalue weighted by Gasteiger charge is 2.26. The summed E-state index contributed by atoms with van der Waals surface area (Å²) in [5.41, 5.74) is 0. The highest BCUT2D eigenvalue weighted by Crippen LogP contribution is 2.17. The van der Waals surface area contributed by atoms with Gasteiger partial charge in [0.25, 0.3) is 0 Å². The lowest BCUT2D eigenvalue weighted by atomic mass is 9.97. The Kier molecular flexibility index (Phi) is 7.25. The van der Waals surface area contributed by atoms with Gasteiger partial charge in [0.1, 0.15) is 5.82 Å². The van der Waals surface area contributed by atoms with Crippen LogP contribution in [0.15, 0.2) is 24.4 Å². The maximum atomic E-state index is 12.8. The Morgan fingerprint density at radius 1 is 1.18 bits per heavy atom. The first-order chi connectivity index (χ1) is 13.5. The number of hydrogen-bond donors (Lipinski definition) is 1. The largest absolute Gasteiger partial charge is 0.356 e. The third-order valence-corrected chi connectivity index (χ3v) is 5.66. The van der Waals surface area contributed by atoms with E-state index in [1.807, 2.05) is 43.1 Å². The molecule has 1 unspecified atom stereocenters. The predicted octanol–water partition coefficient (Wildman–Crippen LogP) is 1.21. The normalized spacial score (nSPS) is 21.0. The van der Waals surface area contributed by atoms with Crippen LogP contribution in [0, 0.1) is 11.8 Å². The Morgan fingerprint density at radius 2 is 1.96 bits per heavy atom.